The van der Waals surface area contributed by atoms with Crippen LogP contribution in [-0.2, 0) is 20.7 Å². The molecule has 1 fully saturated rings. The number of aromatic hydroxyl groups is 1. The van der Waals surface area contributed by atoms with Crippen LogP contribution in [-0.4, -0.2) is 41.8 Å². The number of alkyl carbamates (subject to hydrolysis) is 1. The molecule has 180 valence electrons. The van der Waals surface area contributed by atoms with Crippen LogP contribution in [0.15, 0.2) is 54.0 Å². The lowest BCUT2D eigenvalue weighted by molar-refractivity contribution is 0.00578. The van der Waals surface area contributed by atoms with Crippen LogP contribution in [0, 0.1) is 0 Å². The Kier molecular flexibility index (Phi) is 7.84. The maximum Gasteiger partial charge on any atom is 0.492 e. The molecule has 2 aromatic carbocycles. The van der Waals surface area contributed by atoms with Crippen molar-refractivity contribution in [1.29, 1.82) is 0 Å². The molecule has 0 aromatic heterocycles. The highest BCUT2D eigenvalue weighted by Crippen LogP contribution is 2.39. The van der Waals surface area contributed by atoms with Crippen molar-refractivity contribution in [3.63, 3.8) is 0 Å². The number of phenolic OH excluding ortho intramolecular Hbond substituents is 1. The first kappa shape index (κ1) is 25.5. The average molecular weight is 465 g/mol. The summed E-state index contributed by atoms with van der Waals surface area (Å²) in [4.78, 5) is 24.5. The summed E-state index contributed by atoms with van der Waals surface area (Å²) in [7, 11) is -0.710. The van der Waals surface area contributed by atoms with Crippen LogP contribution in [0.2, 0.25) is 0 Å². The Morgan fingerprint density at radius 3 is 2.32 bits per heavy atom. The molecule has 1 amide bonds. The van der Waals surface area contributed by atoms with Crippen LogP contribution >= 0.6 is 0 Å². The number of hydrogen-bond donors (Lipinski definition) is 2. The smallest absolute Gasteiger partial charge is 0.492 e. The normalized spacial score (nSPS) is 16.9. The molecule has 0 radical (unpaired) electrons. The molecule has 8 heteroatoms. The molecule has 0 saturated carbocycles. The lowest BCUT2D eigenvalue weighted by Gasteiger charge is -2.32. The monoisotopic (exact) mass is 465 g/mol. The van der Waals surface area contributed by atoms with Gasteiger partial charge >= 0.3 is 13.2 Å². The number of ketones is 1. The number of carbonyl (C=O) groups excluding carboxylic acids is 2. The van der Waals surface area contributed by atoms with Crippen molar-refractivity contribution >= 4 is 25.1 Å². The molecule has 0 unspecified atom stereocenters. The van der Waals surface area contributed by atoms with Crippen LogP contribution in [0.3, 0.4) is 0 Å². The molecule has 2 N–H and O–H groups in total. The van der Waals surface area contributed by atoms with E-state index in [1.165, 1.54) is 6.07 Å². The third-order valence-corrected chi connectivity index (χ3v) is 6.20. The van der Waals surface area contributed by atoms with Crippen LogP contribution in [0.4, 0.5) is 4.79 Å². The van der Waals surface area contributed by atoms with E-state index in [1.54, 1.807) is 25.1 Å². The second kappa shape index (κ2) is 10.4. The molecule has 0 bridgehead atoms. The van der Waals surface area contributed by atoms with Gasteiger partial charge in [-0.2, -0.15) is 0 Å². The summed E-state index contributed by atoms with van der Waals surface area (Å²) in [5, 5.41) is 12.8. The molecular weight excluding hydrogens is 433 g/mol. The average Bonchev–Trinajstić information content (AvgIpc) is 3.03. The predicted molar refractivity (Wildman–Crippen MR) is 131 cm³/mol. The van der Waals surface area contributed by atoms with Crippen molar-refractivity contribution < 1.29 is 28.7 Å². The molecule has 1 heterocycles. The van der Waals surface area contributed by atoms with Crippen molar-refractivity contribution in [2.75, 3.05) is 6.54 Å². The molecule has 1 saturated heterocycles. The lowest BCUT2D eigenvalue weighted by atomic mass is 9.77. The van der Waals surface area contributed by atoms with E-state index in [9.17, 15) is 14.7 Å². The number of carbonyl (C=O) groups is 2. The number of benzene rings is 2. The van der Waals surface area contributed by atoms with Gasteiger partial charge in [0.2, 0.25) is 0 Å². The molecule has 3 rings (SSSR count). The van der Waals surface area contributed by atoms with E-state index in [0.29, 0.717) is 11.0 Å². The molecule has 2 aromatic rings. The van der Waals surface area contributed by atoms with Gasteiger partial charge in [-0.05, 0) is 56.4 Å². The van der Waals surface area contributed by atoms with Crippen LogP contribution in [0.5, 0.6) is 5.75 Å². The fraction of sp³-hybridized carbons (Fsp3) is 0.385. The van der Waals surface area contributed by atoms with Crippen molar-refractivity contribution in [3.8, 4) is 5.75 Å². The highest BCUT2D eigenvalue weighted by atomic mass is 16.7. The number of amides is 1. The molecule has 1 aliphatic rings. The maximum atomic E-state index is 12.3. The SMILES string of the molecule is CCC(=O)c1cc(C=C(CNC(=O)OCc2ccccc2)B2OC(C)(C)C(C)(C)O2)ccc1O. The molecule has 34 heavy (non-hydrogen) atoms. The summed E-state index contributed by atoms with van der Waals surface area (Å²) in [6.07, 6.45) is 1.50. The van der Waals surface area contributed by atoms with Gasteiger partial charge < -0.3 is 24.5 Å². The van der Waals surface area contributed by atoms with Gasteiger partial charge in [0.05, 0.1) is 16.8 Å². The third kappa shape index (κ3) is 6.07. The Labute approximate surface area is 201 Å². The Morgan fingerprint density at radius 2 is 1.71 bits per heavy atom. The van der Waals surface area contributed by atoms with Gasteiger partial charge in [0.15, 0.2) is 5.78 Å². The molecule has 0 spiro atoms. The number of hydrogen-bond acceptors (Lipinski definition) is 6. The van der Waals surface area contributed by atoms with E-state index < -0.39 is 24.4 Å². The Morgan fingerprint density at radius 1 is 1.06 bits per heavy atom. The number of ether oxygens (including phenoxy) is 1. The summed E-state index contributed by atoms with van der Waals surface area (Å²) < 4.78 is 17.7. The standard InChI is InChI=1S/C26H32BNO6/c1-6-22(29)21-15-19(12-13-23(21)30)14-20(27-33-25(2,3)26(4,5)34-27)16-28-24(31)32-17-18-10-8-7-9-11-18/h7-15,30H,6,16-17H2,1-5H3,(H,28,31). The number of rotatable bonds is 8. The van der Waals surface area contributed by atoms with E-state index in [2.05, 4.69) is 5.32 Å². The third-order valence-electron chi connectivity index (χ3n) is 6.20. The molecule has 0 atom stereocenters. The largest absolute Gasteiger partial charge is 0.507 e. The van der Waals surface area contributed by atoms with Crippen LogP contribution in [0.25, 0.3) is 6.08 Å². The topological polar surface area (TPSA) is 94.1 Å². The Balaban J connectivity index is 1.80. The van der Waals surface area contributed by atoms with Gasteiger partial charge in [0.25, 0.3) is 0 Å². The van der Waals surface area contributed by atoms with Gasteiger partial charge in [-0.25, -0.2) is 4.79 Å². The zero-order chi connectivity index (χ0) is 24.9. The van der Waals surface area contributed by atoms with Gasteiger partial charge in [-0.1, -0.05) is 49.4 Å². The lowest BCUT2D eigenvalue weighted by Crippen LogP contribution is -2.41. The zero-order valence-corrected chi connectivity index (χ0v) is 20.4. The van der Waals surface area contributed by atoms with Crippen molar-refractivity contribution in [1.82, 2.24) is 5.32 Å². The quantitative estimate of drug-likeness (QED) is 0.424. The number of nitrogens with one attached hydrogen (secondary N) is 1. The van der Waals surface area contributed by atoms with E-state index in [4.69, 9.17) is 14.0 Å². The van der Waals surface area contributed by atoms with Crippen LogP contribution in [0.1, 0.15) is 62.5 Å². The summed E-state index contributed by atoms with van der Waals surface area (Å²) in [5.74, 6) is -0.226. The van der Waals surface area contributed by atoms with Crippen molar-refractivity contribution in [2.24, 2.45) is 0 Å². The minimum absolute atomic E-state index is 0.0659. The highest BCUT2D eigenvalue weighted by Gasteiger charge is 2.52. The minimum atomic E-state index is -0.710. The van der Waals surface area contributed by atoms with E-state index in [0.717, 1.165) is 5.56 Å². The second-order valence-corrected chi connectivity index (χ2v) is 9.28. The number of phenols is 1. The zero-order valence-electron chi connectivity index (χ0n) is 20.4. The van der Waals surface area contributed by atoms with E-state index in [-0.39, 0.29) is 36.7 Å². The number of Topliss-reactive ketones (excluding diaryl/α,β-unsaturated/α-hetero) is 1. The van der Waals surface area contributed by atoms with Crippen molar-refractivity contribution in [2.45, 2.75) is 58.8 Å². The second-order valence-electron chi connectivity index (χ2n) is 9.28. The summed E-state index contributed by atoms with van der Waals surface area (Å²) in [6.45, 7) is 9.81. The Bertz CT molecular complexity index is 1050. The summed E-state index contributed by atoms with van der Waals surface area (Å²) >= 11 is 0. The minimum Gasteiger partial charge on any atom is -0.507 e. The van der Waals surface area contributed by atoms with Gasteiger partial charge in [-0.15, -0.1) is 0 Å². The summed E-state index contributed by atoms with van der Waals surface area (Å²) in [6, 6.07) is 14.2. The van der Waals surface area contributed by atoms with E-state index in [1.807, 2.05) is 58.0 Å². The first-order chi connectivity index (χ1) is 16.0. The fourth-order valence-corrected chi connectivity index (χ4v) is 3.42. The predicted octanol–water partition coefficient (Wildman–Crippen LogP) is 4.93. The van der Waals surface area contributed by atoms with Gasteiger partial charge in [-0.3, -0.25) is 4.79 Å². The van der Waals surface area contributed by atoms with E-state index >= 15 is 0 Å². The molecule has 7 nitrogen and oxygen atoms in total. The molecular formula is C26H32BNO6. The molecule has 1 aliphatic heterocycles. The maximum absolute atomic E-state index is 12.3. The van der Waals surface area contributed by atoms with Gasteiger partial charge in [0.1, 0.15) is 12.4 Å². The van der Waals surface area contributed by atoms with Gasteiger partial charge in [0, 0.05) is 13.0 Å². The van der Waals surface area contributed by atoms with Crippen LogP contribution < -0.4 is 5.32 Å². The Hall–Kier alpha value is -3.10. The first-order valence-electron chi connectivity index (χ1n) is 11.4. The highest BCUT2D eigenvalue weighted by molar-refractivity contribution is 6.56. The fourth-order valence-electron chi connectivity index (χ4n) is 3.42. The molecule has 0 aliphatic carbocycles. The van der Waals surface area contributed by atoms with Crippen molar-refractivity contribution in [3.05, 3.63) is 70.7 Å². The summed E-state index contributed by atoms with van der Waals surface area (Å²) in [5.41, 5.74) is 1.33. The first-order valence-corrected chi connectivity index (χ1v) is 11.4.